The number of alkyl halides is 5. The minimum Gasteiger partial charge on any atom is -0.433 e. The van der Waals surface area contributed by atoms with Gasteiger partial charge in [0.25, 0.3) is 5.91 Å². The summed E-state index contributed by atoms with van der Waals surface area (Å²) in [4.78, 5) is 12.5. The van der Waals surface area contributed by atoms with Crippen molar-refractivity contribution in [2.45, 2.75) is 12.8 Å². The van der Waals surface area contributed by atoms with Crippen LogP contribution in [-0.4, -0.2) is 22.3 Å². The van der Waals surface area contributed by atoms with Gasteiger partial charge in [-0.25, -0.2) is 0 Å². The van der Waals surface area contributed by atoms with E-state index in [0.717, 1.165) is 28.2 Å². The highest BCUT2D eigenvalue weighted by Gasteiger charge is 2.37. The van der Waals surface area contributed by atoms with Crippen molar-refractivity contribution >= 4 is 44.7 Å². The summed E-state index contributed by atoms with van der Waals surface area (Å²) in [7, 11) is 1.34. The van der Waals surface area contributed by atoms with Crippen LogP contribution in [-0.2, 0) is 13.2 Å². The van der Waals surface area contributed by atoms with Gasteiger partial charge in [-0.1, -0.05) is 11.6 Å². The number of ether oxygens (including phenoxy) is 1. The largest absolute Gasteiger partial charge is 0.435 e. The highest BCUT2D eigenvalue weighted by molar-refractivity contribution is 7.20. The van der Waals surface area contributed by atoms with Crippen LogP contribution in [0, 0.1) is 0 Å². The molecule has 0 spiro atoms. The molecular weight excluding hydrogens is 417 g/mol. The first kappa shape index (κ1) is 19.4. The van der Waals surface area contributed by atoms with Crippen LogP contribution in [0.1, 0.15) is 15.4 Å². The van der Waals surface area contributed by atoms with E-state index in [4.69, 9.17) is 11.6 Å². The molecule has 2 aromatic heterocycles. The Morgan fingerprint density at radius 1 is 1.33 bits per heavy atom. The number of halogens is 6. The lowest BCUT2D eigenvalue weighted by Gasteiger charge is -2.09. The second kappa shape index (κ2) is 6.97. The topological polar surface area (TPSA) is 56.2 Å². The molecule has 3 aromatic rings. The summed E-state index contributed by atoms with van der Waals surface area (Å²) in [5.41, 5.74) is -0.912. The summed E-state index contributed by atoms with van der Waals surface area (Å²) in [5.74, 6) is -0.949. The number of hydrogen-bond donors (Lipinski definition) is 1. The molecule has 0 aliphatic carbocycles. The maximum atomic E-state index is 13.0. The predicted molar refractivity (Wildman–Crippen MR) is 89.6 cm³/mol. The number of aromatic nitrogens is 2. The van der Waals surface area contributed by atoms with Gasteiger partial charge in [0, 0.05) is 18.1 Å². The Labute approximate surface area is 157 Å². The molecule has 0 bridgehead atoms. The average molecular weight is 426 g/mol. The Balaban J connectivity index is 1.85. The fourth-order valence-corrected chi connectivity index (χ4v) is 3.52. The molecule has 0 unspecified atom stereocenters. The molecule has 0 radical (unpaired) electrons. The van der Waals surface area contributed by atoms with Crippen LogP contribution in [0.3, 0.4) is 0 Å². The van der Waals surface area contributed by atoms with Gasteiger partial charge < -0.3 is 10.1 Å². The smallest absolute Gasteiger partial charge is 0.433 e. The third kappa shape index (κ3) is 3.98. The predicted octanol–water partition coefficient (Wildman–Crippen LogP) is 5.16. The van der Waals surface area contributed by atoms with E-state index in [1.54, 1.807) is 0 Å². The zero-order chi connectivity index (χ0) is 19.9. The van der Waals surface area contributed by atoms with Crippen molar-refractivity contribution in [3.05, 3.63) is 39.9 Å². The number of carbonyl (C=O) groups excluding carboxylic acids is 1. The number of anilines is 1. The zero-order valence-electron chi connectivity index (χ0n) is 13.3. The van der Waals surface area contributed by atoms with E-state index in [2.05, 4.69) is 15.2 Å². The molecule has 2 heterocycles. The van der Waals surface area contributed by atoms with Crippen molar-refractivity contribution in [1.29, 1.82) is 0 Å². The quantitative estimate of drug-likeness (QED) is 0.587. The van der Waals surface area contributed by atoms with Gasteiger partial charge in [-0.05, 0) is 24.3 Å². The number of nitrogens with one attached hydrogen (secondary N) is 1. The van der Waals surface area contributed by atoms with Crippen molar-refractivity contribution < 1.29 is 31.5 Å². The molecule has 0 fully saturated rings. The Morgan fingerprint density at radius 2 is 2.04 bits per heavy atom. The van der Waals surface area contributed by atoms with Crippen molar-refractivity contribution in [2.24, 2.45) is 7.05 Å². The molecule has 0 saturated carbocycles. The van der Waals surface area contributed by atoms with E-state index in [9.17, 15) is 26.7 Å². The van der Waals surface area contributed by atoms with Crippen LogP contribution < -0.4 is 10.1 Å². The number of aryl methyl sites for hydroxylation is 1. The molecule has 0 aliphatic rings. The van der Waals surface area contributed by atoms with E-state index in [0.29, 0.717) is 0 Å². The fourth-order valence-electron chi connectivity index (χ4n) is 2.32. The maximum absolute atomic E-state index is 13.0. The lowest BCUT2D eigenvalue weighted by atomic mass is 10.2. The Morgan fingerprint density at radius 3 is 2.63 bits per heavy atom. The van der Waals surface area contributed by atoms with Gasteiger partial charge in [0.1, 0.15) is 10.6 Å². The van der Waals surface area contributed by atoms with Crippen LogP contribution in [0.2, 0.25) is 5.02 Å². The molecule has 144 valence electrons. The first-order chi connectivity index (χ1) is 12.6. The SMILES string of the molecule is Cn1nc(C(F)(F)F)c2cc(C(=O)Nc3ccc(OC(F)F)c(Cl)c3)sc21. The molecule has 0 atom stereocenters. The fraction of sp³-hybridized carbons (Fsp3) is 0.200. The Bertz CT molecular complexity index is 1010. The van der Waals surface area contributed by atoms with E-state index >= 15 is 0 Å². The van der Waals surface area contributed by atoms with E-state index in [1.165, 1.54) is 19.2 Å². The first-order valence-electron chi connectivity index (χ1n) is 7.15. The molecule has 0 saturated heterocycles. The van der Waals surface area contributed by atoms with Gasteiger partial charge in [-0.2, -0.15) is 27.1 Å². The normalized spacial score (nSPS) is 12.0. The van der Waals surface area contributed by atoms with Crippen molar-refractivity contribution in [3.8, 4) is 5.75 Å². The molecule has 0 aliphatic heterocycles. The van der Waals surface area contributed by atoms with Crippen LogP contribution in [0.4, 0.5) is 27.6 Å². The van der Waals surface area contributed by atoms with Gasteiger partial charge in [-0.15, -0.1) is 11.3 Å². The summed E-state index contributed by atoms with van der Waals surface area (Å²) in [6.45, 7) is -3.06. The second-order valence-electron chi connectivity index (χ2n) is 5.28. The number of hydrogen-bond acceptors (Lipinski definition) is 4. The van der Waals surface area contributed by atoms with Crippen LogP contribution in [0.5, 0.6) is 5.75 Å². The number of amides is 1. The van der Waals surface area contributed by atoms with Crippen molar-refractivity contribution in [1.82, 2.24) is 9.78 Å². The molecule has 12 heteroatoms. The minimum atomic E-state index is -4.65. The van der Waals surface area contributed by atoms with Gasteiger partial charge >= 0.3 is 12.8 Å². The van der Waals surface area contributed by atoms with Gasteiger partial charge in [0.2, 0.25) is 0 Å². The molecular formula is C15H9ClF5N3O2S. The number of nitrogens with zero attached hydrogens (tertiary/aromatic N) is 2. The first-order valence-corrected chi connectivity index (χ1v) is 8.35. The summed E-state index contributed by atoms with van der Waals surface area (Å²) < 4.78 is 68.7. The Kier molecular flexibility index (Phi) is 5.00. The van der Waals surface area contributed by atoms with Crippen LogP contribution in [0.25, 0.3) is 10.2 Å². The maximum Gasteiger partial charge on any atom is 0.435 e. The van der Waals surface area contributed by atoms with Gasteiger partial charge in [-0.3, -0.25) is 9.48 Å². The van der Waals surface area contributed by atoms with Gasteiger partial charge in [0.05, 0.1) is 9.90 Å². The Hall–Kier alpha value is -2.40. The monoisotopic (exact) mass is 425 g/mol. The summed E-state index contributed by atoms with van der Waals surface area (Å²) in [5, 5.41) is 5.53. The number of rotatable bonds is 4. The third-order valence-corrected chi connectivity index (χ3v) is 4.91. The molecule has 1 N–H and O–H groups in total. The van der Waals surface area contributed by atoms with E-state index in [-0.39, 0.29) is 31.6 Å². The minimum absolute atomic E-state index is 0.0209. The number of carbonyl (C=O) groups is 1. The molecule has 27 heavy (non-hydrogen) atoms. The van der Waals surface area contributed by atoms with Crippen LogP contribution in [0.15, 0.2) is 24.3 Å². The summed E-state index contributed by atoms with van der Waals surface area (Å²) in [6.07, 6.45) is -4.65. The highest BCUT2D eigenvalue weighted by atomic mass is 35.5. The van der Waals surface area contributed by atoms with E-state index < -0.39 is 24.4 Å². The number of fused-ring (bicyclic) bond motifs is 1. The lowest BCUT2D eigenvalue weighted by molar-refractivity contribution is -0.140. The number of thiophene rings is 1. The lowest BCUT2D eigenvalue weighted by Crippen LogP contribution is -2.11. The molecule has 3 rings (SSSR count). The van der Waals surface area contributed by atoms with Gasteiger partial charge in [0.15, 0.2) is 5.69 Å². The molecule has 1 aromatic carbocycles. The average Bonchev–Trinajstić information content (AvgIpc) is 3.10. The standard InChI is InChI=1S/C15H9ClF5N3O2S/c1-24-13-7(11(23-24)15(19,20)21)5-10(27-13)12(25)22-6-2-3-9(8(16)4-6)26-14(17)18/h2-5,14H,1H3,(H,22,25). The third-order valence-electron chi connectivity index (χ3n) is 3.41. The summed E-state index contributed by atoms with van der Waals surface area (Å²) >= 11 is 6.63. The second-order valence-corrected chi connectivity index (χ2v) is 6.72. The van der Waals surface area contributed by atoms with Crippen LogP contribution >= 0.6 is 22.9 Å². The zero-order valence-corrected chi connectivity index (χ0v) is 14.8. The molecule has 1 amide bonds. The number of benzene rings is 1. The van der Waals surface area contributed by atoms with Crippen molar-refractivity contribution in [2.75, 3.05) is 5.32 Å². The van der Waals surface area contributed by atoms with E-state index in [1.807, 2.05) is 0 Å². The summed E-state index contributed by atoms with van der Waals surface area (Å²) in [6, 6.07) is 4.70. The van der Waals surface area contributed by atoms with Crippen molar-refractivity contribution in [3.63, 3.8) is 0 Å². The molecule has 5 nitrogen and oxygen atoms in total. The highest BCUT2D eigenvalue weighted by Crippen LogP contribution is 2.37.